The van der Waals surface area contributed by atoms with Crippen molar-refractivity contribution in [3.8, 4) is 0 Å². The van der Waals surface area contributed by atoms with Crippen molar-refractivity contribution in [2.75, 3.05) is 13.1 Å². The molecule has 2 aromatic heterocycles. The Hall–Kier alpha value is -2.35. The Morgan fingerprint density at radius 1 is 1.36 bits per heavy atom. The second-order valence-corrected chi connectivity index (χ2v) is 5.28. The number of aryl methyl sites for hydroxylation is 2. The fourth-order valence-electron chi connectivity index (χ4n) is 1.85. The van der Waals surface area contributed by atoms with E-state index in [1.54, 1.807) is 32.9 Å². The number of aliphatic hydroxyl groups is 1. The molecule has 0 aliphatic carbocycles. The Bertz CT molecular complexity index is 632. The standard InChI is InChI=1S/C14H20N4O4/c1-9-4-5-11(21-9)14(3,20)8-16-13(19)15-7-6-12-17-10(2)18-22-12/h4-5,20H,6-8H2,1-3H3,(H2,15,16,19). The van der Waals surface area contributed by atoms with Gasteiger partial charge in [-0.15, -0.1) is 0 Å². The molecule has 1 atom stereocenters. The van der Waals surface area contributed by atoms with Crippen molar-refractivity contribution in [1.29, 1.82) is 0 Å². The van der Waals surface area contributed by atoms with Crippen LogP contribution in [0.3, 0.4) is 0 Å². The van der Waals surface area contributed by atoms with Gasteiger partial charge in [-0.3, -0.25) is 0 Å². The zero-order valence-corrected chi connectivity index (χ0v) is 12.8. The zero-order chi connectivity index (χ0) is 16.2. The normalized spacial score (nSPS) is 13.6. The van der Waals surface area contributed by atoms with E-state index in [2.05, 4.69) is 20.8 Å². The smallest absolute Gasteiger partial charge is 0.314 e. The number of carbonyl (C=O) groups excluding carboxylic acids is 1. The number of nitrogens with zero attached hydrogens (tertiary/aromatic N) is 2. The first-order valence-electron chi connectivity index (χ1n) is 6.97. The van der Waals surface area contributed by atoms with E-state index in [1.165, 1.54) is 0 Å². The minimum atomic E-state index is -1.27. The lowest BCUT2D eigenvalue weighted by atomic mass is 10.0. The highest BCUT2D eigenvalue weighted by molar-refractivity contribution is 5.73. The molecule has 0 bridgehead atoms. The van der Waals surface area contributed by atoms with Crippen LogP contribution >= 0.6 is 0 Å². The van der Waals surface area contributed by atoms with Crippen LogP contribution in [0.2, 0.25) is 0 Å². The van der Waals surface area contributed by atoms with Crippen LogP contribution in [0.1, 0.15) is 30.2 Å². The average molecular weight is 308 g/mol. The highest BCUT2D eigenvalue weighted by Crippen LogP contribution is 2.21. The monoisotopic (exact) mass is 308 g/mol. The Balaban J connectivity index is 1.73. The molecule has 1 unspecified atom stereocenters. The van der Waals surface area contributed by atoms with Crippen LogP contribution in [0, 0.1) is 13.8 Å². The maximum atomic E-state index is 11.7. The summed E-state index contributed by atoms with van der Waals surface area (Å²) < 4.78 is 10.3. The molecular formula is C14H20N4O4. The van der Waals surface area contributed by atoms with E-state index in [9.17, 15) is 9.90 Å². The van der Waals surface area contributed by atoms with Gasteiger partial charge in [0.2, 0.25) is 5.89 Å². The summed E-state index contributed by atoms with van der Waals surface area (Å²) in [4.78, 5) is 15.7. The molecule has 0 fully saturated rings. The van der Waals surface area contributed by atoms with Gasteiger partial charge >= 0.3 is 6.03 Å². The molecule has 0 aliphatic heterocycles. The molecule has 3 N–H and O–H groups in total. The van der Waals surface area contributed by atoms with Gasteiger partial charge < -0.3 is 24.7 Å². The molecule has 8 heteroatoms. The topological polar surface area (TPSA) is 113 Å². The maximum absolute atomic E-state index is 11.7. The van der Waals surface area contributed by atoms with Gasteiger partial charge in [0.25, 0.3) is 0 Å². The molecule has 120 valence electrons. The predicted octanol–water partition coefficient (Wildman–Crippen LogP) is 1.03. The van der Waals surface area contributed by atoms with Gasteiger partial charge in [0.15, 0.2) is 5.82 Å². The number of urea groups is 1. The molecule has 2 rings (SSSR count). The van der Waals surface area contributed by atoms with Gasteiger partial charge in [-0.25, -0.2) is 4.79 Å². The molecule has 2 amide bonds. The molecule has 0 saturated heterocycles. The Labute approximate surface area is 127 Å². The van der Waals surface area contributed by atoms with Gasteiger partial charge in [0.1, 0.15) is 17.1 Å². The molecule has 0 aliphatic rings. The van der Waals surface area contributed by atoms with Crippen LogP contribution in [0.15, 0.2) is 21.1 Å². The average Bonchev–Trinajstić information content (AvgIpc) is 3.06. The van der Waals surface area contributed by atoms with Gasteiger partial charge in [-0.05, 0) is 32.9 Å². The van der Waals surface area contributed by atoms with Crippen molar-refractivity contribution in [3.63, 3.8) is 0 Å². The van der Waals surface area contributed by atoms with Crippen molar-refractivity contribution in [3.05, 3.63) is 35.4 Å². The van der Waals surface area contributed by atoms with E-state index in [0.717, 1.165) is 0 Å². The van der Waals surface area contributed by atoms with Crippen LogP contribution in [-0.4, -0.2) is 34.4 Å². The fraction of sp³-hybridized carbons (Fsp3) is 0.500. The summed E-state index contributed by atoms with van der Waals surface area (Å²) in [5.41, 5.74) is -1.27. The SMILES string of the molecule is Cc1noc(CCNC(=O)NCC(C)(O)c2ccc(C)o2)n1. The van der Waals surface area contributed by atoms with Crippen molar-refractivity contribution in [2.24, 2.45) is 0 Å². The van der Waals surface area contributed by atoms with Crippen LogP contribution in [-0.2, 0) is 12.0 Å². The largest absolute Gasteiger partial charge is 0.463 e. The molecule has 2 heterocycles. The van der Waals surface area contributed by atoms with Crippen molar-refractivity contribution in [1.82, 2.24) is 20.8 Å². The Morgan fingerprint density at radius 3 is 2.73 bits per heavy atom. The van der Waals surface area contributed by atoms with Crippen LogP contribution in [0.4, 0.5) is 4.79 Å². The number of aromatic nitrogens is 2. The van der Waals surface area contributed by atoms with Gasteiger partial charge in [-0.2, -0.15) is 4.98 Å². The third-order valence-electron chi connectivity index (χ3n) is 3.06. The first-order chi connectivity index (χ1) is 10.4. The van der Waals surface area contributed by atoms with Gasteiger partial charge in [0.05, 0.1) is 6.54 Å². The van der Waals surface area contributed by atoms with Crippen LogP contribution in [0.5, 0.6) is 0 Å². The highest BCUT2D eigenvalue weighted by Gasteiger charge is 2.27. The molecule has 2 aromatic rings. The summed E-state index contributed by atoms with van der Waals surface area (Å²) in [6.07, 6.45) is 0.446. The molecule has 0 saturated carbocycles. The first-order valence-corrected chi connectivity index (χ1v) is 6.97. The minimum absolute atomic E-state index is 0.0332. The molecule has 0 aromatic carbocycles. The van der Waals surface area contributed by atoms with E-state index < -0.39 is 5.60 Å². The van der Waals surface area contributed by atoms with Gasteiger partial charge in [0, 0.05) is 13.0 Å². The van der Waals surface area contributed by atoms with Crippen molar-refractivity contribution in [2.45, 2.75) is 32.8 Å². The first kappa shape index (κ1) is 16.0. The Morgan fingerprint density at radius 2 is 2.14 bits per heavy atom. The summed E-state index contributed by atoms with van der Waals surface area (Å²) in [5, 5.41) is 19.2. The van der Waals surface area contributed by atoms with Crippen molar-refractivity contribution >= 4 is 6.03 Å². The molecule has 0 radical (unpaired) electrons. The Kier molecular flexibility index (Phi) is 4.81. The highest BCUT2D eigenvalue weighted by atomic mass is 16.5. The van der Waals surface area contributed by atoms with Gasteiger partial charge in [-0.1, -0.05) is 5.16 Å². The van der Waals surface area contributed by atoms with E-state index in [0.29, 0.717) is 36.2 Å². The number of furan rings is 1. The molecule has 8 nitrogen and oxygen atoms in total. The van der Waals surface area contributed by atoms with Crippen LogP contribution < -0.4 is 10.6 Å². The lowest BCUT2D eigenvalue weighted by Crippen LogP contribution is -2.43. The fourth-order valence-corrected chi connectivity index (χ4v) is 1.85. The van der Waals surface area contributed by atoms with E-state index in [1.807, 2.05) is 0 Å². The predicted molar refractivity (Wildman–Crippen MR) is 77.2 cm³/mol. The second-order valence-electron chi connectivity index (χ2n) is 5.28. The zero-order valence-electron chi connectivity index (χ0n) is 12.8. The summed E-state index contributed by atoms with van der Waals surface area (Å²) in [7, 11) is 0. The minimum Gasteiger partial charge on any atom is -0.463 e. The number of hydrogen-bond donors (Lipinski definition) is 3. The van der Waals surface area contributed by atoms with E-state index in [-0.39, 0.29) is 12.6 Å². The number of rotatable bonds is 6. The number of hydrogen-bond acceptors (Lipinski definition) is 6. The molecule has 0 spiro atoms. The quantitative estimate of drug-likeness (QED) is 0.734. The number of amides is 2. The van der Waals surface area contributed by atoms with E-state index >= 15 is 0 Å². The number of nitrogens with one attached hydrogen (secondary N) is 2. The summed E-state index contributed by atoms with van der Waals surface area (Å²) >= 11 is 0. The number of carbonyl (C=O) groups is 1. The van der Waals surface area contributed by atoms with Crippen molar-refractivity contribution < 1.29 is 18.8 Å². The van der Waals surface area contributed by atoms with E-state index in [4.69, 9.17) is 8.94 Å². The maximum Gasteiger partial charge on any atom is 0.314 e. The summed E-state index contributed by atoms with van der Waals surface area (Å²) in [6.45, 7) is 5.48. The summed E-state index contributed by atoms with van der Waals surface area (Å²) in [5.74, 6) is 2.14. The molecule has 22 heavy (non-hydrogen) atoms. The second kappa shape index (κ2) is 6.61. The third-order valence-corrected chi connectivity index (χ3v) is 3.06. The molecular weight excluding hydrogens is 288 g/mol. The lowest BCUT2D eigenvalue weighted by molar-refractivity contribution is 0.0360. The van der Waals surface area contributed by atoms with Crippen LogP contribution in [0.25, 0.3) is 0 Å². The lowest BCUT2D eigenvalue weighted by Gasteiger charge is -2.21. The summed E-state index contributed by atoms with van der Waals surface area (Å²) in [6, 6.07) is 3.06. The third kappa shape index (κ3) is 4.32.